The maximum Gasteiger partial charge on any atom is 0.392 e. The average Bonchev–Trinajstić information content (AvgIpc) is 2.33. The molecule has 0 unspecified atom stereocenters. The van der Waals surface area contributed by atoms with Crippen molar-refractivity contribution in [1.29, 1.82) is 5.39 Å². The monoisotopic (exact) mass is 237 g/mol. The van der Waals surface area contributed by atoms with Crippen molar-refractivity contribution in [3.05, 3.63) is 17.1 Å². The van der Waals surface area contributed by atoms with Gasteiger partial charge < -0.3 is 14.2 Å². The molecule has 0 aliphatic rings. The second-order valence-corrected chi connectivity index (χ2v) is 3.17. The SMILES string of the molecule is CCOc1cc([N+]#N)cc(OCC)c1OCC. The van der Waals surface area contributed by atoms with Crippen LogP contribution in [0.5, 0.6) is 17.2 Å². The number of rotatable bonds is 6. The summed E-state index contributed by atoms with van der Waals surface area (Å²) in [5.41, 5.74) is 0.375. The Balaban J connectivity index is 3.23. The molecule has 0 bridgehead atoms. The van der Waals surface area contributed by atoms with Crippen LogP contribution in [-0.4, -0.2) is 19.8 Å². The minimum atomic E-state index is 0.375. The van der Waals surface area contributed by atoms with Gasteiger partial charge in [0.15, 0.2) is 16.5 Å². The summed E-state index contributed by atoms with van der Waals surface area (Å²) in [5.74, 6) is 1.59. The molecule has 0 saturated carbocycles. The zero-order valence-electron chi connectivity index (χ0n) is 10.4. The second kappa shape index (κ2) is 6.59. The molecule has 5 heteroatoms. The highest BCUT2D eigenvalue weighted by Crippen LogP contribution is 2.41. The Morgan fingerprint density at radius 3 is 1.76 bits per heavy atom. The van der Waals surface area contributed by atoms with Gasteiger partial charge in [0.2, 0.25) is 11.1 Å². The van der Waals surface area contributed by atoms with Gasteiger partial charge in [-0.1, -0.05) is 0 Å². The van der Waals surface area contributed by atoms with Crippen molar-refractivity contribution in [2.24, 2.45) is 0 Å². The van der Waals surface area contributed by atoms with E-state index in [4.69, 9.17) is 19.6 Å². The van der Waals surface area contributed by atoms with Gasteiger partial charge in [0.25, 0.3) is 0 Å². The third-order valence-electron chi connectivity index (χ3n) is 2.01. The molecule has 0 saturated heterocycles. The third-order valence-corrected chi connectivity index (χ3v) is 2.01. The van der Waals surface area contributed by atoms with Crippen molar-refractivity contribution in [2.75, 3.05) is 19.8 Å². The molecule has 0 aromatic heterocycles. The first kappa shape index (κ1) is 13.1. The minimum absolute atomic E-state index is 0.375. The van der Waals surface area contributed by atoms with Gasteiger partial charge in [0, 0.05) is 0 Å². The average molecular weight is 237 g/mol. The van der Waals surface area contributed by atoms with E-state index in [1.807, 2.05) is 20.8 Å². The molecule has 5 nitrogen and oxygen atoms in total. The quantitative estimate of drug-likeness (QED) is 0.712. The van der Waals surface area contributed by atoms with Crippen LogP contribution in [0.3, 0.4) is 0 Å². The van der Waals surface area contributed by atoms with Crippen LogP contribution in [0.1, 0.15) is 20.8 Å². The van der Waals surface area contributed by atoms with Gasteiger partial charge in [0.05, 0.1) is 32.0 Å². The van der Waals surface area contributed by atoms with Crippen molar-refractivity contribution >= 4 is 5.69 Å². The molecule has 1 rings (SSSR count). The van der Waals surface area contributed by atoms with Gasteiger partial charge in [-0.05, 0) is 20.8 Å². The lowest BCUT2D eigenvalue weighted by Gasteiger charge is -2.13. The van der Waals surface area contributed by atoms with Gasteiger partial charge in [0.1, 0.15) is 0 Å². The lowest BCUT2D eigenvalue weighted by molar-refractivity contribution is 0.261. The first-order valence-corrected chi connectivity index (χ1v) is 5.68. The summed E-state index contributed by atoms with van der Waals surface area (Å²) in [6, 6.07) is 3.22. The second-order valence-electron chi connectivity index (χ2n) is 3.17. The maximum absolute atomic E-state index is 8.82. The van der Waals surface area contributed by atoms with Crippen LogP contribution < -0.4 is 14.2 Å². The number of benzene rings is 1. The smallest absolute Gasteiger partial charge is 0.392 e. The van der Waals surface area contributed by atoms with Crippen molar-refractivity contribution in [3.8, 4) is 17.2 Å². The molecule has 0 aliphatic carbocycles. The zero-order valence-corrected chi connectivity index (χ0v) is 10.4. The Labute approximate surface area is 101 Å². The summed E-state index contributed by atoms with van der Waals surface area (Å²) in [6.45, 7) is 7.14. The number of hydrogen-bond donors (Lipinski definition) is 0. The fourth-order valence-corrected chi connectivity index (χ4v) is 1.43. The highest BCUT2D eigenvalue weighted by Gasteiger charge is 2.19. The molecule has 0 spiro atoms. The van der Waals surface area contributed by atoms with E-state index in [1.54, 1.807) is 12.1 Å². The Hall–Kier alpha value is -1.96. The number of hydrogen-bond acceptors (Lipinski definition) is 4. The van der Waals surface area contributed by atoms with Crippen LogP contribution in [0.15, 0.2) is 12.1 Å². The van der Waals surface area contributed by atoms with Gasteiger partial charge in [-0.25, -0.2) is 0 Å². The fourth-order valence-electron chi connectivity index (χ4n) is 1.43. The number of nitrogens with zero attached hydrogens (tertiary/aromatic N) is 2. The van der Waals surface area contributed by atoms with Gasteiger partial charge >= 0.3 is 5.69 Å². The van der Waals surface area contributed by atoms with Crippen LogP contribution in [0, 0.1) is 5.39 Å². The van der Waals surface area contributed by atoms with E-state index in [9.17, 15) is 0 Å². The first-order valence-electron chi connectivity index (χ1n) is 5.68. The molecule has 92 valence electrons. The maximum atomic E-state index is 8.82. The minimum Gasteiger partial charge on any atom is -0.490 e. The van der Waals surface area contributed by atoms with Crippen molar-refractivity contribution in [3.63, 3.8) is 0 Å². The first-order chi connectivity index (χ1) is 8.26. The molecule has 0 aliphatic heterocycles. The molecule has 0 heterocycles. The Morgan fingerprint density at radius 1 is 0.941 bits per heavy atom. The molecule has 0 amide bonds. The van der Waals surface area contributed by atoms with Crippen molar-refractivity contribution in [2.45, 2.75) is 20.8 Å². The Bertz CT molecular complexity index is 386. The fraction of sp³-hybridized carbons (Fsp3) is 0.500. The summed E-state index contributed by atoms with van der Waals surface area (Å²) < 4.78 is 16.4. The van der Waals surface area contributed by atoms with E-state index in [1.165, 1.54) is 0 Å². The zero-order chi connectivity index (χ0) is 12.7. The number of ether oxygens (including phenoxy) is 3. The Kier molecular flexibility index (Phi) is 5.08. The van der Waals surface area contributed by atoms with E-state index in [0.29, 0.717) is 42.8 Å². The highest BCUT2D eigenvalue weighted by atomic mass is 16.5. The van der Waals surface area contributed by atoms with Crippen LogP contribution in [0.2, 0.25) is 0 Å². The van der Waals surface area contributed by atoms with E-state index in [2.05, 4.69) is 4.98 Å². The Morgan fingerprint density at radius 2 is 1.41 bits per heavy atom. The van der Waals surface area contributed by atoms with Crippen LogP contribution in [-0.2, 0) is 0 Å². The molecule has 0 fully saturated rings. The van der Waals surface area contributed by atoms with Gasteiger partial charge in [-0.2, -0.15) is 0 Å². The van der Waals surface area contributed by atoms with Crippen LogP contribution >= 0.6 is 0 Å². The summed E-state index contributed by atoms with van der Waals surface area (Å²) >= 11 is 0. The molecule has 0 radical (unpaired) electrons. The third kappa shape index (κ3) is 3.25. The molecule has 0 atom stereocenters. The number of diazo groups is 1. The lowest BCUT2D eigenvalue weighted by atomic mass is 10.2. The molecule has 0 N–H and O–H groups in total. The highest BCUT2D eigenvalue weighted by molar-refractivity contribution is 5.62. The largest absolute Gasteiger partial charge is 0.490 e. The molecular weight excluding hydrogens is 220 g/mol. The van der Waals surface area contributed by atoms with Crippen molar-refractivity contribution in [1.82, 2.24) is 0 Å². The summed E-state index contributed by atoms with van der Waals surface area (Å²) in [5, 5.41) is 8.82. The standard InChI is InChI=1S/C12H17N2O3/c1-4-15-10-7-9(14-13)8-11(16-5-2)12(10)17-6-3/h7-8H,4-6H2,1-3H3/q+1. The van der Waals surface area contributed by atoms with E-state index >= 15 is 0 Å². The van der Waals surface area contributed by atoms with Crippen LogP contribution in [0.25, 0.3) is 4.98 Å². The molecular formula is C12H17N2O3+. The molecule has 1 aromatic rings. The lowest BCUT2D eigenvalue weighted by Crippen LogP contribution is -2.02. The topological polar surface area (TPSA) is 55.8 Å². The van der Waals surface area contributed by atoms with E-state index in [0.717, 1.165) is 0 Å². The normalized spacial score (nSPS) is 9.53. The van der Waals surface area contributed by atoms with E-state index < -0.39 is 0 Å². The molecule has 1 aromatic carbocycles. The van der Waals surface area contributed by atoms with Gasteiger partial charge in [-0.15, -0.1) is 0 Å². The predicted octanol–water partition coefficient (Wildman–Crippen LogP) is 3.37. The van der Waals surface area contributed by atoms with Crippen molar-refractivity contribution < 1.29 is 14.2 Å². The summed E-state index contributed by atoms with van der Waals surface area (Å²) in [6.07, 6.45) is 0. The van der Waals surface area contributed by atoms with E-state index in [-0.39, 0.29) is 0 Å². The van der Waals surface area contributed by atoms with Crippen LogP contribution in [0.4, 0.5) is 5.69 Å². The summed E-state index contributed by atoms with van der Waals surface area (Å²) in [4.78, 5) is 3.14. The summed E-state index contributed by atoms with van der Waals surface area (Å²) in [7, 11) is 0. The van der Waals surface area contributed by atoms with Gasteiger partial charge in [-0.3, -0.25) is 0 Å². The molecule has 17 heavy (non-hydrogen) atoms. The predicted molar refractivity (Wildman–Crippen MR) is 64.7 cm³/mol.